The molecule has 1 aromatic rings. The van der Waals surface area contributed by atoms with E-state index >= 15 is 0 Å². The summed E-state index contributed by atoms with van der Waals surface area (Å²) in [5.74, 6) is 0.652. The van der Waals surface area contributed by atoms with E-state index in [1.54, 1.807) is 13.0 Å². The maximum absolute atomic E-state index is 11.7. The highest BCUT2D eigenvalue weighted by atomic mass is 16.3. The molecule has 0 heterocycles. The van der Waals surface area contributed by atoms with Crippen LogP contribution in [0, 0.1) is 5.92 Å². The van der Waals surface area contributed by atoms with Crippen LogP contribution in [0.4, 0.5) is 10.5 Å². The van der Waals surface area contributed by atoms with Crippen molar-refractivity contribution < 1.29 is 9.90 Å². The van der Waals surface area contributed by atoms with Crippen LogP contribution in [0.15, 0.2) is 24.3 Å². The fourth-order valence-corrected chi connectivity index (χ4v) is 1.99. The molecule has 1 aromatic carbocycles. The number of benzene rings is 1. The number of aliphatic hydroxyl groups excluding tert-OH is 1. The first-order valence-corrected chi connectivity index (χ1v) is 6.48. The lowest BCUT2D eigenvalue weighted by Gasteiger charge is -2.25. The van der Waals surface area contributed by atoms with Crippen molar-refractivity contribution in [2.75, 3.05) is 11.9 Å². The van der Waals surface area contributed by atoms with Gasteiger partial charge in [0.05, 0.1) is 6.10 Å². The normalized spacial score (nSPS) is 16.8. The summed E-state index contributed by atoms with van der Waals surface area (Å²) in [6.45, 7) is 2.46. The number of hydrogen-bond donors (Lipinski definition) is 3. The van der Waals surface area contributed by atoms with Crippen LogP contribution in [0.5, 0.6) is 0 Å². The molecular formula is C14H20N2O2. The highest BCUT2D eigenvalue weighted by Crippen LogP contribution is 2.25. The molecule has 0 bridgehead atoms. The predicted octanol–water partition coefficient (Wildman–Crippen LogP) is 2.66. The summed E-state index contributed by atoms with van der Waals surface area (Å²) in [5.41, 5.74) is 1.51. The van der Waals surface area contributed by atoms with Crippen LogP contribution in [0.1, 0.15) is 37.9 Å². The van der Waals surface area contributed by atoms with Crippen LogP contribution in [-0.4, -0.2) is 17.7 Å². The van der Waals surface area contributed by atoms with Crippen molar-refractivity contribution >= 4 is 11.7 Å². The zero-order chi connectivity index (χ0) is 13.0. The number of nitrogens with one attached hydrogen (secondary N) is 2. The lowest BCUT2D eigenvalue weighted by molar-refractivity contribution is 0.199. The maximum Gasteiger partial charge on any atom is 0.319 e. The molecule has 4 heteroatoms. The Morgan fingerprint density at radius 2 is 2.28 bits per heavy atom. The van der Waals surface area contributed by atoms with E-state index in [-0.39, 0.29) is 6.03 Å². The van der Waals surface area contributed by atoms with Crippen LogP contribution in [0.2, 0.25) is 0 Å². The molecule has 1 aliphatic carbocycles. The van der Waals surface area contributed by atoms with E-state index in [2.05, 4.69) is 10.6 Å². The van der Waals surface area contributed by atoms with Crippen LogP contribution >= 0.6 is 0 Å². The molecule has 0 aliphatic heterocycles. The lowest BCUT2D eigenvalue weighted by atomic mass is 9.85. The number of amides is 2. The van der Waals surface area contributed by atoms with E-state index < -0.39 is 6.10 Å². The Balaban J connectivity index is 1.83. The van der Waals surface area contributed by atoms with Gasteiger partial charge in [-0.1, -0.05) is 18.6 Å². The maximum atomic E-state index is 11.7. The van der Waals surface area contributed by atoms with Crippen LogP contribution < -0.4 is 10.6 Å². The molecule has 1 aliphatic rings. The van der Waals surface area contributed by atoms with Crippen LogP contribution in [-0.2, 0) is 0 Å². The zero-order valence-electron chi connectivity index (χ0n) is 10.6. The molecule has 1 atom stereocenters. The fraction of sp³-hybridized carbons (Fsp3) is 0.500. The summed E-state index contributed by atoms with van der Waals surface area (Å²) < 4.78 is 0. The van der Waals surface area contributed by atoms with Gasteiger partial charge in [0.25, 0.3) is 0 Å². The standard InChI is InChI=1S/C14H20N2O2/c1-10(17)12-6-3-7-13(8-12)16-14(18)15-9-11-4-2-5-11/h3,6-8,10-11,17H,2,4-5,9H2,1H3,(H2,15,16,18). The lowest BCUT2D eigenvalue weighted by Crippen LogP contribution is -2.35. The summed E-state index contributed by atoms with van der Waals surface area (Å²) >= 11 is 0. The second kappa shape index (κ2) is 5.87. The predicted molar refractivity (Wildman–Crippen MR) is 71.4 cm³/mol. The number of hydrogen-bond acceptors (Lipinski definition) is 2. The first-order valence-electron chi connectivity index (χ1n) is 6.48. The molecular weight excluding hydrogens is 228 g/mol. The third kappa shape index (κ3) is 3.47. The van der Waals surface area contributed by atoms with Gasteiger partial charge in [0, 0.05) is 12.2 Å². The van der Waals surface area contributed by atoms with Crippen molar-refractivity contribution in [2.45, 2.75) is 32.3 Å². The topological polar surface area (TPSA) is 61.4 Å². The first-order chi connectivity index (χ1) is 8.65. The molecule has 1 saturated carbocycles. The minimum Gasteiger partial charge on any atom is -0.389 e. The van der Waals surface area contributed by atoms with Gasteiger partial charge in [0.2, 0.25) is 0 Å². The minimum absolute atomic E-state index is 0.176. The molecule has 0 spiro atoms. The van der Waals surface area contributed by atoms with Crippen molar-refractivity contribution in [1.29, 1.82) is 0 Å². The molecule has 0 radical (unpaired) electrons. The monoisotopic (exact) mass is 248 g/mol. The number of carbonyl (C=O) groups excluding carboxylic acids is 1. The Morgan fingerprint density at radius 1 is 1.50 bits per heavy atom. The number of carbonyl (C=O) groups is 1. The minimum atomic E-state index is -0.523. The van der Waals surface area contributed by atoms with E-state index in [4.69, 9.17) is 0 Å². The van der Waals surface area contributed by atoms with Gasteiger partial charge < -0.3 is 15.7 Å². The van der Waals surface area contributed by atoms with Gasteiger partial charge in [0.15, 0.2) is 0 Å². The van der Waals surface area contributed by atoms with E-state index in [0.29, 0.717) is 11.6 Å². The highest BCUT2D eigenvalue weighted by Gasteiger charge is 2.17. The van der Waals surface area contributed by atoms with Gasteiger partial charge in [-0.25, -0.2) is 4.79 Å². The van der Waals surface area contributed by atoms with Gasteiger partial charge >= 0.3 is 6.03 Å². The first kappa shape index (κ1) is 12.9. The Labute approximate surface area is 107 Å². The molecule has 18 heavy (non-hydrogen) atoms. The van der Waals surface area contributed by atoms with Gasteiger partial charge in [-0.15, -0.1) is 0 Å². The summed E-state index contributed by atoms with van der Waals surface area (Å²) in [6, 6.07) is 7.08. The van der Waals surface area contributed by atoms with E-state index in [9.17, 15) is 9.90 Å². The van der Waals surface area contributed by atoms with E-state index in [0.717, 1.165) is 12.1 Å². The van der Waals surface area contributed by atoms with Crippen LogP contribution in [0.3, 0.4) is 0 Å². The van der Waals surface area contributed by atoms with E-state index in [1.807, 2.05) is 18.2 Å². The number of anilines is 1. The molecule has 4 nitrogen and oxygen atoms in total. The van der Waals surface area contributed by atoms with Crippen molar-refractivity contribution in [3.05, 3.63) is 29.8 Å². The molecule has 1 fully saturated rings. The molecule has 2 rings (SSSR count). The Morgan fingerprint density at radius 3 is 2.89 bits per heavy atom. The fourth-order valence-electron chi connectivity index (χ4n) is 1.99. The molecule has 0 aromatic heterocycles. The summed E-state index contributed by atoms with van der Waals surface area (Å²) in [5, 5.41) is 15.1. The van der Waals surface area contributed by atoms with Crippen molar-refractivity contribution in [2.24, 2.45) is 5.92 Å². The molecule has 98 valence electrons. The molecule has 0 saturated heterocycles. The largest absolute Gasteiger partial charge is 0.389 e. The van der Waals surface area contributed by atoms with Crippen LogP contribution in [0.25, 0.3) is 0 Å². The summed E-state index contributed by atoms with van der Waals surface area (Å²) in [4.78, 5) is 11.7. The molecule has 2 amide bonds. The second-order valence-electron chi connectivity index (χ2n) is 4.93. The smallest absolute Gasteiger partial charge is 0.319 e. The number of aliphatic hydroxyl groups is 1. The van der Waals surface area contributed by atoms with Crippen molar-refractivity contribution in [3.8, 4) is 0 Å². The van der Waals surface area contributed by atoms with Gasteiger partial charge in [-0.05, 0) is 43.4 Å². The Bertz CT molecular complexity index is 414. The molecule has 3 N–H and O–H groups in total. The van der Waals surface area contributed by atoms with Gasteiger partial charge in [-0.2, -0.15) is 0 Å². The summed E-state index contributed by atoms with van der Waals surface area (Å²) in [6.07, 6.45) is 3.20. The quantitative estimate of drug-likeness (QED) is 0.767. The zero-order valence-corrected chi connectivity index (χ0v) is 10.6. The third-order valence-electron chi connectivity index (χ3n) is 3.40. The SMILES string of the molecule is CC(O)c1cccc(NC(=O)NCC2CCC2)c1. The Kier molecular flexibility index (Phi) is 4.20. The van der Waals surface area contributed by atoms with E-state index in [1.165, 1.54) is 19.3 Å². The van der Waals surface area contributed by atoms with Gasteiger partial charge in [-0.3, -0.25) is 0 Å². The Hall–Kier alpha value is -1.55. The average molecular weight is 248 g/mol. The molecule has 1 unspecified atom stereocenters. The highest BCUT2D eigenvalue weighted by molar-refractivity contribution is 5.89. The van der Waals surface area contributed by atoms with Crippen molar-refractivity contribution in [1.82, 2.24) is 5.32 Å². The number of urea groups is 1. The van der Waals surface area contributed by atoms with Gasteiger partial charge in [0.1, 0.15) is 0 Å². The average Bonchev–Trinajstić information content (AvgIpc) is 2.27. The third-order valence-corrected chi connectivity index (χ3v) is 3.40. The number of rotatable bonds is 4. The second-order valence-corrected chi connectivity index (χ2v) is 4.93. The summed E-state index contributed by atoms with van der Waals surface area (Å²) in [7, 11) is 0. The van der Waals surface area contributed by atoms with Crippen molar-refractivity contribution in [3.63, 3.8) is 0 Å².